The van der Waals surface area contributed by atoms with Gasteiger partial charge in [-0.05, 0) is 36.5 Å². The van der Waals surface area contributed by atoms with E-state index in [1.54, 1.807) is 18.2 Å². The highest BCUT2D eigenvalue weighted by Crippen LogP contribution is 2.48. The second kappa shape index (κ2) is 5.35. The molecule has 4 nitrogen and oxygen atoms in total. The minimum atomic E-state index is -0.916. The van der Waals surface area contributed by atoms with Gasteiger partial charge in [0.05, 0.1) is 21.9 Å². The van der Waals surface area contributed by atoms with Gasteiger partial charge in [0, 0.05) is 5.69 Å². The molecule has 6 heteroatoms. The van der Waals surface area contributed by atoms with Gasteiger partial charge >= 0.3 is 5.97 Å². The zero-order chi connectivity index (χ0) is 15.1. The topological polar surface area (TPSA) is 66.4 Å². The molecule has 1 saturated carbocycles. The molecule has 0 unspecified atom stereocenters. The molecule has 110 valence electrons. The Morgan fingerprint density at radius 1 is 1.10 bits per heavy atom. The Balaban J connectivity index is 1.80. The van der Waals surface area contributed by atoms with Crippen molar-refractivity contribution in [2.45, 2.75) is 6.42 Å². The zero-order valence-electron chi connectivity index (χ0n) is 10.9. The van der Waals surface area contributed by atoms with Gasteiger partial charge in [-0.1, -0.05) is 35.4 Å². The van der Waals surface area contributed by atoms with Crippen molar-refractivity contribution >= 4 is 40.8 Å². The number of carboxylic acid groups (broad SMARTS) is 1. The summed E-state index contributed by atoms with van der Waals surface area (Å²) in [6.07, 6.45) is 4.59. The van der Waals surface area contributed by atoms with E-state index in [0.29, 0.717) is 15.7 Å². The first-order valence-corrected chi connectivity index (χ1v) is 7.40. The highest BCUT2D eigenvalue weighted by Gasteiger charge is 2.51. The van der Waals surface area contributed by atoms with E-state index >= 15 is 0 Å². The number of anilines is 1. The highest BCUT2D eigenvalue weighted by atomic mass is 35.5. The number of amides is 1. The number of allylic oxidation sites excluding steroid dienone is 2. The summed E-state index contributed by atoms with van der Waals surface area (Å²) in [6.45, 7) is 0. The van der Waals surface area contributed by atoms with Crippen LogP contribution >= 0.6 is 23.2 Å². The van der Waals surface area contributed by atoms with E-state index in [4.69, 9.17) is 23.2 Å². The van der Waals surface area contributed by atoms with Gasteiger partial charge in [-0.2, -0.15) is 0 Å². The summed E-state index contributed by atoms with van der Waals surface area (Å²) in [5, 5.41) is 12.8. The molecule has 0 aromatic heterocycles. The molecule has 1 amide bonds. The third kappa shape index (κ3) is 2.54. The lowest BCUT2D eigenvalue weighted by atomic mass is 9.82. The maximum absolute atomic E-state index is 12.4. The molecular weight excluding hydrogens is 313 g/mol. The molecule has 0 heterocycles. The van der Waals surface area contributed by atoms with Crippen LogP contribution in [0.2, 0.25) is 10.0 Å². The van der Waals surface area contributed by atoms with Gasteiger partial charge in [-0.3, -0.25) is 9.59 Å². The smallest absolute Gasteiger partial charge is 0.307 e. The molecule has 4 atom stereocenters. The molecule has 1 aromatic rings. The van der Waals surface area contributed by atoms with Crippen LogP contribution in [0.25, 0.3) is 0 Å². The molecular formula is C15H13Cl2NO3. The molecule has 2 bridgehead atoms. The fourth-order valence-corrected chi connectivity index (χ4v) is 3.61. The van der Waals surface area contributed by atoms with E-state index in [1.165, 1.54) is 0 Å². The molecule has 0 aliphatic heterocycles. The Morgan fingerprint density at radius 2 is 1.76 bits per heavy atom. The lowest BCUT2D eigenvalue weighted by Crippen LogP contribution is -2.36. The van der Waals surface area contributed by atoms with E-state index in [0.717, 1.165) is 6.42 Å². The van der Waals surface area contributed by atoms with Gasteiger partial charge in [-0.15, -0.1) is 0 Å². The molecule has 3 rings (SSSR count). The number of benzene rings is 1. The summed E-state index contributed by atoms with van der Waals surface area (Å²) < 4.78 is 0. The fourth-order valence-electron chi connectivity index (χ4n) is 3.32. The van der Waals surface area contributed by atoms with Gasteiger partial charge in [0.15, 0.2) is 0 Å². The van der Waals surface area contributed by atoms with Crippen LogP contribution in [0.1, 0.15) is 6.42 Å². The van der Waals surface area contributed by atoms with Crippen LogP contribution in [0.4, 0.5) is 5.69 Å². The van der Waals surface area contributed by atoms with Crippen LogP contribution in [-0.4, -0.2) is 17.0 Å². The van der Waals surface area contributed by atoms with Crippen molar-refractivity contribution in [3.8, 4) is 0 Å². The molecule has 0 radical (unpaired) electrons. The van der Waals surface area contributed by atoms with Crippen LogP contribution in [0.3, 0.4) is 0 Å². The van der Waals surface area contributed by atoms with Gasteiger partial charge in [-0.25, -0.2) is 0 Å². The van der Waals surface area contributed by atoms with Crippen molar-refractivity contribution < 1.29 is 14.7 Å². The van der Waals surface area contributed by atoms with Crippen LogP contribution < -0.4 is 5.32 Å². The number of carbonyl (C=O) groups is 2. The summed E-state index contributed by atoms with van der Waals surface area (Å²) in [5.74, 6) is -2.43. The summed E-state index contributed by atoms with van der Waals surface area (Å²) in [5.41, 5.74) is 0.519. The van der Waals surface area contributed by atoms with Crippen molar-refractivity contribution in [2.24, 2.45) is 23.7 Å². The third-order valence-corrected chi connectivity index (χ3v) is 4.97. The number of aliphatic carboxylic acids is 1. The lowest BCUT2D eigenvalue weighted by Gasteiger charge is -2.23. The Morgan fingerprint density at radius 3 is 2.38 bits per heavy atom. The van der Waals surface area contributed by atoms with Crippen molar-refractivity contribution in [1.82, 2.24) is 0 Å². The van der Waals surface area contributed by atoms with Crippen molar-refractivity contribution in [3.05, 3.63) is 40.4 Å². The Kier molecular flexibility index (Phi) is 3.68. The largest absolute Gasteiger partial charge is 0.481 e. The predicted octanol–water partition coefficient (Wildman–Crippen LogP) is 3.45. The summed E-state index contributed by atoms with van der Waals surface area (Å²) in [4.78, 5) is 23.8. The molecule has 1 fully saturated rings. The van der Waals surface area contributed by atoms with Gasteiger partial charge < -0.3 is 10.4 Å². The predicted molar refractivity (Wildman–Crippen MR) is 80.4 cm³/mol. The molecule has 2 aliphatic rings. The summed E-state index contributed by atoms with van der Waals surface area (Å²) in [6, 6.07) is 4.79. The Hall–Kier alpha value is -1.52. The van der Waals surface area contributed by atoms with E-state index in [9.17, 15) is 14.7 Å². The molecule has 21 heavy (non-hydrogen) atoms. The van der Waals surface area contributed by atoms with Crippen LogP contribution in [0.5, 0.6) is 0 Å². The van der Waals surface area contributed by atoms with E-state index in [2.05, 4.69) is 5.32 Å². The quantitative estimate of drug-likeness (QED) is 0.836. The summed E-state index contributed by atoms with van der Waals surface area (Å²) >= 11 is 11.7. The lowest BCUT2D eigenvalue weighted by molar-refractivity contribution is -0.146. The second-order valence-electron chi connectivity index (χ2n) is 5.46. The number of fused-ring (bicyclic) bond motifs is 2. The highest BCUT2D eigenvalue weighted by molar-refractivity contribution is 6.42. The van der Waals surface area contributed by atoms with Crippen molar-refractivity contribution in [2.75, 3.05) is 5.32 Å². The Labute approximate surface area is 131 Å². The maximum atomic E-state index is 12.4. The van der Waals surface area contributed by atoms with Gasteiger partial charge in [0.1, 0.15) is 0 Å². The minimum Gasteiger partial charge on any atom is -0.481 e. The molecule has 0 spiro atoms. The average Bonchev–Trinajstić information content (AvgIpc) is 3.03. The summed E-state index contributed by atoms with van der Waals surface area (Å²) in [7, 11) is 0. The average molecular weight is 326 g/mol. The zero-order valence-corrected chi connectivity index (χ0v) is 12.4. The normalized spacial score (nSPS) is 29.6. The molecule has 0 saturated heterocycles. The number of halogens is 2. The number of rotatable bonds is 3. The monoisotopic (exact) mass is 325 g/mol. The standard InChI is InChI=1S/C15H13Cl2NO3/c16-10-4-3-9(6-11(10)17)18-14(19)12-7-1-2-8(5-7)13(12)15(20)21/h1-4,6-8,12-13H,5H2,(H,18,19)(H,20,21)/t7-,8-,12+,13+/m0/s1. The molecule has 2 N–H and O–H groups in total. The Bertz CT molecular complexity index is 644. The van der Waals surface area contributed by atoms with Gasteiger partial charge in [0.2, 0.25) is 5.91 Å². The minimum absolute atomic E-state index is 0.00104. The number of nitrogens with one attached hydrogen (secondary N) is 1. The van der Waals surface area contributed by atoms with E-state index < -0.39 is 17.8 Å². The van der Waals surface area contributed by atoms with Crippen molar-refractivity contribution in [3.63, 3.8) is 0 Å². The SMILES string of the molecule is O=C(O)[C@H]1[C@H](C(=O)Nc2ccc(Cl)c(Cl)c2)[C@H]2C=C[C@H]1C2. The fraction of sp³-hybridized carbons (Fsp3) is 0.333. The molecule has 1 aromatic carbocycles. The number of carboxylic acids is 1. The first-order valence-electron chi connectivity index (χ1n) is 6.64. The third-order valence-electron chi connectivity index (χ3n) is 4.23. The van der Waals surface area contributed by atoms with E-state index in [-0.39, 0.29) is 17.7 Å². The second-order valence-corrected chi connectivity index (χ2v) is 6.27. The van der Waals surface area contributed by atoms with Crippen molar-refractivity contribution in [1.29, 1.82) is 0 Å². The first-order chi connectivity index (χ1) is 9.97. The maximum Gasteiger partial charge on any atom is 0.307 e. The number of hydrogen-bond donors (Lipinski definition) is 2. The van der Waals surface area contributed by atoms with Crippen LogP contribution in [0.15, 0.2) is 30.4 Å². The number of carbonyl (C=O) groups excluding carboxylic acids is 1. The van der Waals surface area contributed by atoms with Crippen LogP contribution in [-0.2, 0) is 9.59 Å². The van der Waals surface area contributed by atoms with Crippen LogP contribution in [0, 0.1) is 23.7 Å². The molecule has 2 aliphatic carbocycles. The number of hydrogen-bond acceptors (Lipinski definition) is 2. The van der Waals surface area contributed by atoms with E-state index in [1.807, 2.05) is 12.2 Å². The van der Waals surface area contributed by atoms with Gasteiger partial charge in [0.25, 0.3) is 0 Å². The first kappa shape index (κ1) is 14.4.